The second-order valence-corrected chi connectivity index (χ2v) is 7.49. The van der Waals surface area contributed by atoms with Crippen LogP contribution < -0.4 is 15.4 Å². The molecule has 7 heteroatoms. The summed E-state index contributed by atoms with van der Waals surface area (Å²) >= 11 is 0. The van der Waals surface area contributed by atoms with Crippen LogP contribution >= 0.6 is 0 Å². The van der Waals surface area contributed by atoms with Crippen LogP contribution in [0.25, 0.3) is 0 Å². The summed E-state index contributed by atoms with van der Waals surface area (Å²) in [6.07, 6.45) is 5.43. The Balaban J connectivity index is 1.96. The number of imide groups is 1. The highest BCUT2D eigenvalue weighted by molar-refractivity contribution is 6.09. The topological polar surface area (TPSA) is 87.7 Å². The van der Waals surface area contributed by atoms with Gasteiger partial charge in [0.05, 0.1) is 7.11 Å². The van der Waals surface area contributed by atoms with Gasteiger partial charge in [0.1, 0.15) is 17.8 Å². The minimum Gasteiger partial charge on any atom is -0.497 e. The molecule has 7 nitrogen and oxygen atoms in total. The molecule has 0 aliphatic carbocycles. The van der Waals surface area contributed by atoms with Crippen molar-refractivity contribution in [2.75, 3.05) is 13.7 Å². The summed E-state index contributed by atoms with van der Waals surface area (Å²) in [4.78, 5) is 38.5. The van der Waals surface area contributed by atoms with Crippen LogP contribution in [0.15, 0.2) is 24.3 Å². The number of urea groups is 1. The Labute approximate surface area is 166 Å². The van der Waals surface area contributed by atoms with E-state index in [1.54, 1.807) is 38.3 Å². The number of unbranched alkanes of at least 4 members (excludes halogenated alkanes) is 3. The molecule has 2 N–H and O–H groups in total. The van der Waals surface area contributed by atoms with Crippen molar-refractivity contribution in [1.82, 2.24) is 15.5 Å². The largest absolute Gasteiger partial charge is 0.497 e. The molecule has 1 aromatic rings. The lowest BCUT2D eigenvalue weighted by molar-refractivity contribution is -0.135. The predicted octanol–water partition coefficient (Wildman–Crippen LogP) is 2.94. The Bertz CT molecular complexity index is 704. The number of amides is 4. The van der Waals surface area contributed by atoms with Gasteiger partial charge < -0.3 is 15.4 Å². The van der Waals surface area contributed by atoms with Crippen molar-refractivity contribution in [1.29, 1.82) is 0 Å². The van der Waals surface area contributed by atoms with Crippen LogP contribution in [0.2, 0.25) is 0 Å². The number of rotatable bonds is 10. The number of hydrogen-bond donors (Lipinski definition) is 2. The van der Waals surface area contributed by atoms with Crippen LogP contribution in [0.1, 0.15) is 58.4 Å². The third-order valence-corrected chi connectivity index (χ3v) is 5.14. The zero-order chi connectivity index (χ0) is 20.7. The van der Waals surface area contributed by atoms with Gasteiger partial charge in [0, 0.05) is 6.04 Å². The Morgan fingerprint density at radius 2 is 1.89 bits per heavy atom. The Morgan fingerprint density at radius 1 is 1.21 bits per heavy atom. The van der Waals surface area contributed by atoms with Crippen molar-refractivity contribution in [3.05, 3.63) is 29.8 Å². The van der Waals surface area contributed by atoms with Crippen molar-refractivity contribution in [2.45, 2.75) is 64.5 Å². The second-order valence-electron chi connectivity index (χ2n) is 7.49. The van der Waals surface area contributed by atoms with Gasteiger partial charge in [-0.2, -0.15) is 0 Å². The third-order valence-electron chi connectivity index (χ3n) is 5.14. The number of nitrogens with one attached hydrogen (secondary N) is 2. The van der Waals surface area contributed by atoms with Crippen LogP contribution in [-0.2, 0) is 15.1 Å². The molecule has 0 bridgehead atoms. The number of ether oxygens (including phenoxy) is 1. The molecule has 28 heavy (non-hydrogen) atoms. The van der Waals surface area contributed by atoms with Gasteiger partial charge in [0.15, 0.2) is 0 Å². The maximum atomic E-state index is 12.9. The zero-order valence-electron chi connectivity index (χ0n) is 17.2. The third kappa shape index (κ3) is 5.03. The Kier molecular flexibility index (Phi) is 7.43. The fourth-order valence-corrected chi connectivity index (χ4v) is 3.37. The van der Waals surface area contributed by atoms with Gasteiger partial charge in [0.25, 0.3) is 5.91 Å². The fraction of sp³-hybridized carbons (Fsp3) is 0.571. The van der Waals surface area contributed by atoms with Crippen molar-refractivity contribution in [3.63, 3.8) is 0 Å². The molecule has 4 amide bonds. The van der Waals surface area contributed by atoms with E-state index in [4.69, 9.17) is 4.74 Å². The summed E-state index contributed by atoms with van der Waals surface area (Å²) < 4.78 is 5.13. The molecule has 1 aliphatic rings. The first-order valence-electron chi connectivity index (χ1n) is 9.89. The second kappa shape index (κ2) is 9.57. The first-order chi connectivity index (χ1) is 13.3. The summed E-state index contributed by atoms with van der Waals surface area (Å²) in [5.41, 5.74) is -0.561. The number of benzene rings is 1. The highest BCUT2D eigenvalue weighted by atomic mass is 16.5. The number of nitrogens with zero attached hydrogens (tertiary/aromatic N) is 1. The first-order valence-corrected chi connectivity index (χ1v) is 9.89. The smallest absolute Gasteiger partial charge is 0.325 e. The summed E-state index contributed by atoms with van der Waals surface area (Å²) in [6.45, 7) is 5.46. The van der Waals surface area contributed by atoms with E-state index >= 15 is 0 Å². The van der Waals surface area contributed by atoms with Gasteiger partial charge in [-0.25, -0.2) is 4.79 Å². The van der Waals surface area contributed by atoms with Crippen LogP contribution in [0.5, 0.6) is 5.75 Å². The van der Waals surface area contributed by atoms with Crippen LogP contribution in [0.4, 0.5) is 4.79 Å². The molecule has 154 valence electrons. The highest BCUT2D eigenvalue weighted by Crippen LogP contribution is 2.29. The van der Waals surface area contributed by atoms with Gasteiger partial charge in [-0.15, -0.1) is 0 Å². The predicted molar refractivity (Wildman–Crippen MR) is 107 cm³/mol. The number of carbonyl (C=O) groups is 3. The van der Waals surface area contributed by atoms with E-state index in [1.165, 1.54) is 12.8 Å². The molecule has 1 aromatic carbocycles. The van der Waals surface area contributed by atoms with E-state index in [-0.39, 0.29) is 18.5 Å². The molecule has 1 fully saturated rings. The average molecular weight is 389 g/mol. The van der Waals surface area contributed by atoms with E-state index in [1.807, 2.05) is 6.92 Å². The van der Waals surface area contributed by atoms with E-state index in [0.29, 0.717) is 11.3 Å². The molecule has 0 aromatic heterocycles. The highest BCUT2D eigenvalue weighted by Gasteiger charge is 2.49. The molecular formula is C21H31N3O4. The van der Waals surface area contributed by atoms with Crippen molar-refractivity contribution in [2.24, 2.45) is 0 Å². The summed E-state index contributed by atoms with van der Waals surface area (Å²) in [5, 5.41) is 5.59. The Morgan fingerprint density at radius 3 is 2.50 bits per heavy atom. The molecule has 1 heterocycles. The lowest BCUT2D eigenvalue weighted by Crippen LogP contribution is -2.45. The summed E-state index contributed by atoms with van der Waals surface area (Å²) in [6, 6.07) is 6.38. The maximum Gasteiger partial charge on any atom is 0.325 e. The van der Waals surface area contributed by atoms with Gasteiger partial charge >= 0.3 is 6.03 Å². The van der Waals surface area contributed by atoms with Crippen LogP contribution in [0, 0.1) is 0 Å². The zero-order valence-corrected chi connectivity index (χ0v) is 17.2. The summed E-state index contributed by atoms with van der Waals surface area (Å²) in [7, 11) is 1.56. The molecule has 0 unspecified atom stereocenters. The monoisotopic (exact) mass is 389 g/mol. The quantitative estimate of drug-likeness (QED) is 0.476. The molecular weight excluding hydrogens is 358 g/mol. The van der Waals surface area contributed by atoms with Crippen molar-refractivity contribution in [3.8, 4) is 5.75 Å². The molecule has 0 spiro atoms. The minimum atomic E-state index is -1.20. The molecule has 0 radical (unpaired) electrons. The van der Waals surface area contributed by atoms with E-state index in [2.05, 4.69) is 17.6 Å². The molecule has 0 saturated carbocycles. The normalized spacial score (nSPS) is 20.1. The first kappa shape index (κ1) is 21.7. The Hall–Kier alpha value is -2.57. The van der Waals surface area contributed by atoms with Crippen molar-refractivity contribution < 1.29 is 19.1 Å². The lowest BCUT2D eigenvalue weighted by Gasteiger charge is -2.22. The average Bonchev–Trinajstić information content (AvgIpc) is 2.89. The van der Waals surface area contributed by atoms with Gasteiger partial charge in [-0.05, 0) is 38.0 Å². The summed E-state index contributed by atoms with van der Waals surface area (Å²) in [5.74, 6) is -0.104. The molecule has 2 atom stereocenters. The van der Waals surface area contributed by atoms with E-state index in [9.17, 15) is 14.4 Å². The molecule has 2 rings (SSSR count). The number of carbonyl (C=O) groups excluding carboxylic acids is 3. The SMILES string of the molecule is CCCCCC[C@H](C)NC(=O)CN1C(=O)N[C@](C)(c2ccc(OC)cc2)C1=O. The van der Waals surface area contributed by atoms with Crippen LogP contribution in [0.3, 0.4) is 0 Å². The number of methoxy groups -OCH3 is 1. The minimum absolute atomic E-state index is 0.0121. The molecule has 1 aliphatic heterocycles. The standard InChI is InChI=1S/C21H31N3O4/c1-5-6-7-8-9-15(2)22-18(25)14-24-19(26)21(3,23-20(24)27)16-10-12-17(28-4)13-11-16/h10-13,15H,5-9,14H2,1-4H3,(H,22,25)(H,23,27)/t15-,21+/m0/s1. The van der Waals surface area contributed by atoms with E-state index < -0.39 is 17.5 Å². The van der Waals surface area contributed by atoms with Gasteiger partial charge in [-0.3, -0.25) is 14.5 Å². The fourth-order valence-electron chi connectivity index (χ4n) is 3.37. The van der Waals surface area contributed by atoms with Gasteiger partial charge in [0.2, 0.25) is 5.91 Å². The van der Waals surface area contributed by atoms with Crippen molar-refractivity contribution >= 4 is 17.8 Å². The molecule has 1 saturated heterocycles. The lowest BCUT2D eigenvalue weighted by atomic mass is 9.92. The maximum absolute atomic E-state index is 12.9. The van der Waals surface area contributed by atoms with Crippen LogP contribution in [-0.4, -0.2) is 42.4 Å². The van der Waals surface area contributed by atoms with Gasteiger partial charge in [-0.1, -0.05) is 44.7 Å². The van der Waals surface area contributed by atoms with E-state index in [0.717, 1.165) is 24.2 Å². The number of hydrogen-bond acceptors (Lipinski definition) is 4.